The number of fused-ring (bicyclic) bond motifs is 5. The zero-order valence-corrected chi connectivity index (χ0v) is 19.5. The van der Waals surface area contributed by atoms with E-state index in [1.807, 2.05) is 37.5 Å². The molecule has 0 saturated carbocycles. The monoisotopic (exact) mass is 465 g/mol. The van der Waals surface area contributed by atoms with Crippen molar-refractivity contribution in [3.63, 3.8) is 0 Å². The molecule has 0 aliphatic heterocycles. The molecule has 0 radical (unpaired) electrons. The summed E-state index contributed by atoms with van der Waals surface area (Å²) in [6, 6.07) is 13.2. The molecule has 174 valence electrons. The number of rotatable bonds is 2. The van der Waals surface area contributed by atoms with Crippen molar-refractivity contribution < 1.29 is 8.91 Å². The number of para-hydroxylation sites is 1. The summed E-state index contributed by atoms with van der Waals surface area (Å²) in [4.78, 5) is 10.1. The lowest BCUT2D eigenvalue weighted by Gasteiger charge is -2.50. The lowest BCUT2D eigenvalue weighted by atomic mass is 9.53. The number of halogens is 1. The van der Waals surface area contributed by atoms with E-state index in [0.717, 1.165) is 69.0 Å². The third-order valence-corrected chi connectivity index (χ3v) is 8.13. The molecule has 0 unspecified atom stereocenters. The van der Waals surface area contributed by atoms with Gasteiger partial charge >= 0.3 is 0 Å². The number of nitrogens with zero attached hydrogens (tertiary/aromatic N) is 4. The first-order valence-corrected chi connectivity index (χ1v) is 12.1. The van der Waals surface area contributed by atoms with E-state index in [9.17, 15) is 4.39 Å². The Morgan fingerprint density at radius 2 is 1.94 bits per heavy atom. The molecule has 2 aliphatic carbocycles. The highest BCUT2D eigenvalue weighted by Gasteiger charge is 2.54. The highest BCUT2D eigenvalue weighted by Crippen LogP contribution is 2.57. The van der Waals surface area contributed by atoms with Crippen molar-refractivity contribution >= 4 is 10.9 Å². The van der Waals surface area contributed by atoms with Gasteiger partial charge in [-0.15, -0.1) is 0 Å². The quantitative estimate of drug-likeness (QED) is 0.364. The highest BCUT2D eigenvalue weighted by molar-refractivity contribution is 5.93. The second-order valence-electron chi connectivity index (χ2n) is 9.89. The van der Waals surface area contributed by atoms with Crippen LogP contribution in [0.4, 0.5) is 4.39 Å². The summed E-state index contributed by atoms with van der Waals surface area (Å²) in [7, 11) is 0. The summed E-state index contributed by atoms with van der Waals surface area (Å²) >= 11 is 0. The van der Waals surface area contributed by atoms with E-state index < -0.39 is 5.41 Å². The maximum Gasteiger partial charge on any atom is 0.143 e. The fraction of sp³-hybridized carbons (Fsp3) is 0.286. The lowest BCUT2D eigenvalue weighted by Crippen LogP contribution is -2.48. The van der Waals surface area contributed by atoms with E-state index in [0.29, 0.717) is 6.42 Å². The molecule has 7 heteroatoms. The van der Waals surface area contributed by atoms with Crippen LogP contribution in [0.5, 0.6) is 0 Å². The van der Waals surface area contributed by atoms with Crippen LogP contribution >= 0.6 is 0 Å². The van der Waals surface area contributed by atoms with Crippen molar-refractivity contribution in [1.29, 1.82) is 0 Å². The van der Waals surface area contributed by atoms with E-state index in [-0.39, 0.29) is 17.7 Å². The van der Waals surface area contributed by atoms with Crippen LogP contribution in [0.25, 0.3) is 22.2 Å². The normalized spacial score (nSPS) is 23.1. The Kier molecular flexibility index (Phi) is 4.28. The summed E-state index contributed by atoms with van der Waals surface area (Å²) in [6.45, 7) is 4.17. The summed E-state index contributed by atoms with van der Waals surface area (Å²) in [5, 5.41) is 12.6. The summed E-state index contributed by atoms with van der Waals surface area (Å²) in [5.41, 5.74) is 6.90. The molecule has 0 saturated heterocycles. The number of hydrogen-bond acceptors (Lipinski definition) is 5. The van der Waals surface area contributed by atoms with Crippen molar-refractivity contribution in [1.82, 2.24) is 25.3 Å². The summed E-state index contributed by atoms with van der Waals surface area (Å²) in [6.07, 6.45) is 6.19. The van der Waals surface area contributed by atoms with Crippen LogP contribution in [0.1, 0.15) is 53.2 Å². The summed E-state index contributed by atoms with van der Waals surface area (Å²) < 4.78 is 19.8. The number of aryl methyl sites for hydroxylation is 1. The van der Waals surface area contributed by atoms with Gasteiger partial charge in [0, 0.05) is 33.4 Å². The van der Waals surface area contributed by atoms with Gasteiger partial charge in [-0.3, -0.25) is 5.10 Å². The standard InChI is InChI=1S/C28H24FN5O/c1-15-23-11-10-22-25(21-5-3-4-17-13-30-34-24(17)21)32-16(2)33-27(22)28(23,12-18-14-31-35-26(15)18)19-6-8-20(29)9-7-19/h3-9,13-15,23H,10-12H2,1-2H3,(H,30,34)/t15-,23-,28+/m0/s1. The molecule has 0 fully saturated rings. The van der Waals surface area contributed by atoms with Crippen molar-refractivity contribution in [3.05, 3.63) is 94.6 Å². The third kappa shape index (κ3) is 2.81. The Morgan fingerprint density at radius 1 is 1.09 bits per heavy atom. The number of aromatic amines is 1. The molecular weight excluding hydrogens is 441 g/mol. The lowest BCUT2D eigenvalue weighted by molar-refractivity contribution is 0.188. The van der Waals surface area contributed by atoms with Crippen molar-refractivity contribution in [2.45, 2.75) is 44.4 Å². The molecule has 5 aromatic rings. The van der Waals surface area contributed by atoms with E-state index in [1.54, 1.807) is 12.1 Å². The molecule has 6 nitrogen and oxygen atoms in total. The minimum absolute atomic E-state index is 0.161. The van der Waals surface area contributed by atoms with Crippen LogP contribution in [0.15, 0.2) is 59.4 Å². The fourth-order valence-corrected chi connectivity index (χ4v) is 6.66. The van der Waals surface area contributed by atoms with Gasteiger partial charge in [0.1, 0.15) is 17.4 Å². The zero-order valence-electron chi connectivity index (χ0n) is 19.5. The Bertz CT molecular complexity index is 1590. The fourth-order valence-electron chi connectivity index (χ4n) is 6.66. The molecule has 2 aliphatic rings. The van der Waals surface area contributed by atoms with Gasteiger partial charge in [-0.05, 0) is 49.8 Å². The Morgan fingerprint density at radius 3 is 2.80 bits per heavy atom. The molecule has 0 spiro atoms. The molecule has 0 amide bonds. The minimum atomic E-state index is -0.427. The van der Waals surface area contributed by atoms with Crippen molar-refractivity contribution in [3.8, 4) is 11.3 Å². The van der Waals surface area contributed by atoms with Crippen molar-refractivity contribution in [2.24, 2.45) is 5.92 Å². The molecule has 3 atom stereocenters. The molecule has 1 N–H and O–H groups in total. The first-order valence-electron chi connectivity index (χ1n) is 12.1. The third-order valence-electron chi connectivity index (χ3n) is 8.13. The molecule has 3 aromatic heterocycles. The van der Waals surface area contributed by atoms with E-state index in [2.05, 4.69) is 34.4 Å². The van der Waals surface area contributed by atoms with E-state index in [4.69, 9.17) is 14.5 Å². The first-order chi connectivity index (χ1) is 17.1. The van der Waals surface area contributed by atoms with Gasteiger partial charge in [0.25, 0.3) is 0 Å². The SMILES string of the molecule is Cc1nc(-c2cccc3cn[nH]c23)c2c(n1)[C@@]1(c3ccc(F)cc3)Cc3cnoc3[C@@H](C)[C@@H]1CC2. The molecule has 3 heterocycles. The molecule has 7 rings (SSSR count). The maximum absolute atomic E-state index is 14.0. The highest BCUT2D eigenvalue weighted by atomic mass is 19.1. The smallest absolute Gasteiger partial charge is 0.143 e. The van der Waals surface area contributed by atoms with Gasteiger partial charge in [-0.1, -0.05) is 42.4 Å². The topological polar surface area (TPSA) is 80.5 Å². The van der Waals surface area contributed by atoms with Gasteiger partial charge in [0.15, 0.2) is 0 Å². The number of H-pyrrole nitrogens is 1. The Hall–Kier alpha value is -3.87. The number of hydrogen-bond donors (Lipinski definition) is 1. The second-order valence-corrected chi connectivity index (χ2v) is 9.89. The van der Waals surface area contributed by atoms with Crippen LogP contribution in [0.2, 0.25) is 0 Å². The maximum atomic E-state index is 14.0. The largest absolute Gasteiger partial charge is 0.361 e. The van der Waals surface area contributed by atoms with Crippen LogP contribution < -0.4 is 0 Å². The van der Waals surface area contributed by atoms with E-state index >= 15 is 0 Å². The first kappa shape index (κ1) is 20.5. The average Bonchev–Trinajstić information content (AvgIpc) is 3.53. The predicted molar refractivity (Wildman–Crippen MR) is 129 cm³/mol. The predicted octanol–water partition coefficient (Wildman–Crippen LogP) is 5.66. The van der Waals surface area contributed by atoms with Gasteiger partial charge < -0.3 is 4.52 Å². The second kappa shape index (κ2) is 7.31. The van der Waals surface area contributed by atoms with Gasteiger partial charge in [0.05, 0.1) is 29.3 Å². The van der Waals surface area contributed by atoms with Gasteiger partial charge in [0.2, 0.25) is 0 Å². The molecular formula is C28H24FN5O. The van der Waals surface area contributed by atoms with Gasteiger partial charge in [-0.2, -0.15) is 5.10 Å². The molecule has 35 heavy (non-hydrogen) atoms. The van der Waals surface area contributed by atoms with Crippen LogP contribution in [-0.2, 0) is 18.3 Å². The van der Waals surface area contributed by atoms with Crippen LogP contribution in [-0.4, -0.2) is 25.3 Å². The Balaban J connectivity index is 1.55. The van der Waals surface area contributed by atoms with Gasteiger partial charge in [-0.25, -0.2) is 14.4 Å². The van der Waals surface area contributed by atoms with Crippen LogP contribution in [0.3, 0.4) is 0 Å². The number of nitrogens with one attached hydrogen (secondary N) is 1. The average molecular weight is 466 g/mol. The van der Waals surface area contributed by atoms with Crippen molar-refractivity contribution in [2.75, 3.05) is 0 Å². The minimum Gasteiger partial charge on any atom is -0.361 e. The summed E-state index contributed by atoms with van der Waals surface area (Å²) in [5.74, 6) is 1.85. The number of aromatic nitrogens is 5. The Labute approximate surface area is 201 Å². The zero-order chi connectivity index (χ0) is 23.7. The van der Waals surface area contributed by atoms with E-state index in [1.165, 1.54) is 0 Å². The molecule has 2 aromatic carbocycles. The molecule has 0 bridgehead atoms. The number of benzene rings is 2. The van der Waals surface area contributed by atoms with Crippen LogP contribution in [0, 0.1) is 18.7 Å².